The number of aryl methyl sites for hydroxylation is 1. The van der Waals surface area contributed by atoms with Gasteiger partial charge in [0.05, 0.1) is 6.10 Å². The van der Waals surface area contributed by atoms with Gasteiger partial charge in [-0.05, 0) is 33.2 Å². The molecule has 17 heavy (non-hydrogen) atoms. The Balaban J connectivity index is 2.97. The number of aliphatic hydroxyl groups excluding tert-OH is 1. The van der Waals surface area contributed by atoms with Crippen LogP contribution in [0.2, 0.25) is 0 Å². The van der Waals surface area contributed by atoms with E-state index in [2.05, 4.69) is 6.58 Å². The molecule has 1 heterocycles. The Labute approximate surface area is 104 Å². The number of hydrogen-bond donors (Lipinski definition) is 1. The van der Waals surface area contributed by atoms with Gasteiger partial charge in [0.1, 0.15) is 0 Å². The second-order valence-corrected chi connectivity index (χ2v) is 4.72. The fourth-order valence-electron chi connectivity index (χ4n) is 1.72. The Hall–Kier alpha value is -1.32. The summed E-state index contributed by atoms with van der Waals surface area (Å²) >= 11 is 0. The van der Waals surface area contributed by atoms with E-state index < -0.39 is 6.10 Å². The van der Waals surface area contributed by atoms with Gasteiger partial charge in [0.25, 0.3) is 0 Å². The first-order chi connectivity index (χ1) is 7.91. The second kappa shape index (κ2) is 5.84. The van der Waals surface area contributed by atoms with Crippen LogP contribution in [0.25, 0.3) is 6.08 Å². The van der Waals surface area contributed by atoms with Crippen LogP contribution in [-0.4, -0.2) is 35.2 Å². The summed E-state index contributed by atoms with van der Waals surface area (Å²) < 4.78 is 2.01. The third-order valence-corrected chi connectivity index (χ3v) is 2.58. The molecule has 0 bridgehead atoms. The van der Waals surface area contributed by atoms with Gasteiger partial charge < -0.3 is 14.6 Å². The average Bonchev–Trinajstić information content (AvgIpc) is 2.55. The van der Waals surface area contributed by atoms with E-state index in [1.54, 1.807) is 0 Å². The van der Waals surface area contributed by atoms with Crippen molar-refractivity contribution in [3.05, 3.63) is 41.7 Å². The molecule has 3 heteroatoms. The van der Waals surface area contributed by atoms with Crippen molar-refractivity contribution in [1.29, 1.82) is 0 Å². The Kier molecular flexibility index (Phi) is 4.73. The molecule has 1 aromatic rings. The first-order valence-corrected chi connectivity index (χ1v) is 5.73. The fourth-order valence-corrected chi connectivity index (χ4v) is 1.72. The lowest BCUT2D eigenvalue weighted by molar-refractivity contribution is 0.138. The maximum absolute atomic E-state index is 10.1. The smallest absolute Gasteiger partial charge is 0.0937 e. The van der Waals surface area contributed by atoms with Gasteiger partial charge in [-0.3, -0.25) is 0 Å². The molecule has 1 atom stereocenters. The van der Waals surface area contributed by atoms with Crippen LogP contribution in [0.1, 0.15) is 24.3 Å². The van der Waals surface area contributed by atoms with Crippen LogP contribution in [0, 0.1) is 0 Å². The van der Waals surface area contributed by atoms with Crippen molar-refractivity contribution in [2.45, 2.75) is 13.0 Å². The van der Waals surface area contributed by atoms with Crippen LogP contribution in [0.15, 0.2) is 30.5 Å². The van der Waals surface area contributed by atoms with E-state index in [-0.39, 0.29) is 0 Å². The van der Waals surface area contributed by atoms with E-state index >= 15 is 0 Å². The standard InChI is InChI=1S/C14H22N2O/c1-11(2)6-7-13-12(8-9-16(13)5)14(17)10-15(3)4/h6-9,14,17H,1,10H2,2-5H3/b7-6-. The fraction of sp³-hybridized carbons (Fsp3) is 0.429. The Morgan fingerprint density at radius 2 is 2.24 bits per heavy atom. The summed E-state index contributed by atoms with van der Waals surface area (Å²) in [7, 11) is 5.88. The molecule has 0 aromatic carbocycles. The predicted octanol–water partition coefficient (Wildman–Crippen LogP) is 2.21. The molecule has 0 spiro atoms. The topological polar surface area (TPSA) is 28.4 Å². The molecule has 1 rings (SSSR count). The zero-order valence-electron chi connectivity index (χ0n) is 11.1. The van der Waals surface area contributed by atoms with Crippen molar-refractivity contribution < 1.29 is 5.11 Å². The lowest BCUT2D eigenvalue weighted by Gasteiger charge is -2.16. The number of aromatic nitrogens is 1. The minimum atomic E-state index is -0.462. The SMILES string of the molecule is C=C(C)/C=C\c1c(C(O)CN(C)C)ccn1C. The quantitative estimate of drug-likeness (QED) is 0.791. The van der Waals surface area contributed by atoms with Crippen LogP contribution >= 0.6 is 0 Å². The number of nitrogens with zero attached hydrogens (tertiary/aromatic N) is 2. The van der Waals surface area contributed by atoms with Crippen molar-refractivity contribution in [2.24, 2.45) is 7.05 Å². The van der Waals surface area contributed by atoms with Crippen LogP contribution in [-0.2, 0) is 7.05 Å². The maximum Gasteiger partial charge on any atom is 0.0937 e. The molecule has 3 nitrogen and oxygen atoms in total. The first kappa shape index (κ1) is 13.7. The molecule has 0 fully saturated rings. The molecule has 1 N–H and O–H groups in total. The summed E-state index contributed by atoms with van der Waals surface area (Å²) in [5.74, 6) is 0. The van der Waals surface area contributed by atoms with Crippen molar-refractivity contribution in [1.82, 2.24) is 9.47 Å². The summed E-state index contributed by atoms with van der Waals surface area (Å²) in [5.41, 5.74) is 2.99. The van der Waals surface area contributed by atoms with Crippen LogP contribution in [0.3, 0.4) is 0 Å². The number of aliphatic hydroxyl groups is 1. The molecule has 0 saturated heterocycles. The number of hydrogen-bond acceptors (Lipinski definition) is 2. The van der Waals surface area contributed by atoms with Crippen LogP contribution < -0.4 is 0 Å². The highest BCUT2D eigenvalue weighted by molar-refractivity contribution is 5.54. The molecular weight excluding hydrogens is 212 g/mol. The Morgan fingerprint density at radius 1 is 1.59 bits per heavy atom. The summed E-state index contributed by atoms with van der Waals surface area (Å²) in [4.78, 5) is 1.98. The number of rotatable bonds is 5. The van der Waals surface area contributed by atoms with Crippen LogP contribution in [0.4, 0.5) is 0 Å². The van der Waals surface area contributed by atoms with E-state index in [0.29, 0.717) is 6.54 Å². The Morgan fingerprint density at radius 3 is 2.76 bits per heavy atom. The average molecular weight is 234 g/mol. The molecule has 94 valence electrons. The number of allylic oxidation sites excluding steroid dienone is 2. The molecule has 0 aliphatic heterocycles. The van der Waals surface area contributed by atoms with Gasteiger partial charge in [0.2, 0.25) is 0 Å². The summed E-state index contributed by atoms with van der Waals surface area (Å²) in [6.07, 6.45) is 5.46. The third-order valence-electron chi connectivity index (χ3n) is 2.58. The molecule has 0 saturated carbocycles. The first-order valence-electron chi connectivity index (χ1n) is 5.73. The zero-order chi connectivity index (χ0) is 13.0. The van der Waals surface area contributed by atoms with Crippen LogP contribution in [0.5, 0.6) is 0 Å². The maximum atomic E-state index is 10.1. The highest BCUT2D eigenvalue weighted by atomic mass is 16.3. The van der Waals surface area contributed by atoms with Gasteiger partial charge in [-0.25, -0.2) is 0 Å². The Bertz CT molecular complexity index is 416. The second-order valence-electron chi connectivity index (χ2n) is 4.72. The largest absolute Gasteiger partial charge is 0.387 e. The van der Waals surface area contributed by atoms with E-state index in [4.69, 9.17) is 0 Å². The molecule has 1 aromatic heterocycles. The summed E-state index contributed by atoms with van der Waals surface area (Å²) in [6, 6.07) is 1.96. The van der Waals surface area contributed by atoms with Gasteiger partial charge in [0, 0.05) is 31.0 Å². The highest BCUT2D eigenvalue weighted by Crippen LogP contribution is 2.21. The van der Waals surface area contributed by atoms with E-state index in [0.717, 1.165) is 16.8 Å². The van der Waals surface area contributed by atoms with Crippen molar-refractivity contribution in [3.8, 4) is 0 Å². The molecule has 0 aliphatic rings. The van der Waals surface area contributed by atoms with Gasteiger partial charge >= 0.3 is 0 Å². The van der Waals surface area contributed by atoms with Crippen molar-refractivity contribution >= 4 is 6.08 Å². The van der Waals surface area contributed by atoms with Gasteiger partial charge in [-0.15, -0.1) is 0 Å². The summed E-state index contributed by atoms with van der Waals surface area (Å²) in [6.45, 7) is 6.42. The minimum absolute atomic E-state index is 0.462. The lowest BCUT2D eigenvalue weighted by Crippen LogP contribution is -2.20. The molecule has 0 amide bonds. The minimum Gasteiger partial charge on any atom is -0.387 e. The predicted molar refractivity (Wildman–Crippen MR) is 72.8 cm³/mol. The van der Waals surface area contributed by atoms with Crippen molar-refractivity contribution in [2.75, 3.05) is 20.6 Å². The van der Waals surface area contributed by atoms with E-state index in [1.807, 2.05) is 61.9 Å². The van der Waals surface area contributed by atoms with Gasteiger partial charge in [-0.2, -0.15) is 0 Å². The molecule has 1 unspecified atom stereocenters. The lowest BCUT2D eigenvalue weighted by atomic mass is 10.1. The molecular formula is C14H22N2O. The zero-order valence-corrected chi connectivity index (χ0v) is 11.1. The third kappa shape index (κ3) is 3.88. The van der Waals surface area contributed by atoms with Crippen molar-refractivity contribution in [3.63, 3.8) is 0 Å². The van der Waals surface area contributed by atoms with E-state index in [9.17, 15) is 5.11 Å². The normalized spacial score (nSPS) is 13.5. The molecule has 0 aliphatic carbocycles. The monoisotopic (exact) mass is 234 g/mol. The summed E-state index contributed by atoms with van der Waals surface area (Å²) in [5, 5.41) is 10.1. The van der Waals surface area contributed by atoms with Gasteiger partial charge in [-0.1, -0.05) is 18.2 Å². The van der Waals surface area contributed by atoms with Gasteiger partial charge in [0.15, 0.2) is 0 Å². The molecule has 0 radical (unpaired) electrons. The number of likely N-dealkylation sites (N-methyl/N-ethyl adjacent to an activating group) is 1. The van der Waals surface area contributed by atoms with E-state index in [1.165, 1.54) is 0 Å². The highest BCUT2D eigenvalue weighted by Gasteiger charge is 2.14.